The average molecular weight is 381 g/mol. The number of aromatic nitrogens is 1. The molecule has 0 amide bonds. The van der Waals surface area contributed by atoms with Gasteiger partial charge in [0.25, 0.3) is 0 Å². The number of aliphatic hydroxyl groups is 1. The maximum Gasteiger partial charge on any atom is 0.204 e. The van der Waals surface area contributed by atoms with Crippen LogP contribution in [0.5, 0.6) is 0 Å². The van der Waals surface area contributed by atoms with Crippen molar-refractivity contribution in [3.8, 4) is 0 Å². The summed E-state index contributed by atoms with van der Waals surface area (Å²) >= 11 is 0. The van der Waals surface area contributed by atoms with Crippen molar-refractivity contribution < 1.29 is 9.90 Å². The van der Waals surface area contributed by atoms with Crippen molar-refractivity contribution in [3.63, 3.8) is 0 Å². The van der Waals surface area contributed by atoms with Gasteiger partial charge in [-0.15, -0.1) is 0 Å². The first kappa shape index (κ1) is 20.4. The van der Waals surface area contributed by atoms with Gasteiger partial charge in [-0.05, 0) is 47.0 Å². The molecule has 3 rings (SSSR count). The molecule has 0 atom stereocenters. The highest BCUT2D eigenvalue weighted by atomic mass is 16.3. The Morgan fingerprint density at radius 3 is 2.00 bits per heavy atom. The molecule has 1 aromatic heterocycles. The van der Waals surface area contributed by atoms with Crippen LogP contribution in [0, 0.1) is 11.8 Å². The first-order valence-electron chi connectivity index (χ1n) is 10.3. The van der Waals surface area contributed by atoms with Crippen molar-refractivity contribution in [2.75, 3.05) is 0 Å². The number of hydrogen-bond donors (Lipinski definition) is 2. The Hall–Kier alpha value is -2.36. The number of allylic oxidation sites excluding steroid dienone is 4. The molecule has 0 radical (unpaired) electrons. The van der Waals surface area contributed by atoms with Gasteiger partial charge in [0.05, 0.1) is 22.5 Å². The molecule has 150 valence electrons. The number of Topliss-reactive ketones (excluding diaryl/α,β-unsaturated/α-hetero) is 1. The lowest BCUT2D eigenvalue weighted by Gasteiger charge is -2.24. The molecule has 0 bridgehead atoms. The summed E-state index contributed by atoms with van der Waals surface area (Å²) in [7, 11) is 0. The number of aliphatic hydroxyl groups excluding tert-OH is 1. The van der Waals surface area contributed by atoms with Crippen molar-refractivity contribution in [3.05, 3.63) is 51.7 Å². The summed E-state index contributed by atoms with van der Waals surface area (Å²) in [5.41, 5.74) is 6.30. The van der Waals surface area contributed by atoms with Crippen LogP contribution in [0.2, 0.25) is 0 Å². The Bertz CT molecular complexity index is 947. The molecule has 0 unspecified atom stereocenters. The lowest BCUT2D eigenvalue weighted by molar-refractivity contribution is -0.111. The summed E-state index contributed by atoms with van der Waals surface area (Å²) < 4.78 is 0. The highest BCUT2D eigenvalue weighted by Gasteiger charge is 2.41. The number of nitrogens with one attached hydrogen (secondary N) is 1. The van der Waals surface area contributed by atoms with Gasteiger partial charge in [-0.1, -0.05) is 55.4 Å². The van der Waals surface area contributed by atoms with E-state index < -0.39 is 0 Å². The molecule has 1 aliphatic carbocycles. The smallest absolute Gasteiger partial charge is 0.204 e. The molecule has 0 aromatic carbocycles. The number of hydrogen-bond acceptors (Lipinski definition) is 3. The second-order valence-corrected chi connectivity index (χ2v) is 9.09. The Balaban J connectivity index is 2.15. The third-order valence-corrected chi connectivity index (χ3v) is 5.56. The van der Waals surface area contributed by atoms with E-state index in [2.05, 4.69) is 72.5 Å². The molecule has 28 heavy (non-hydrogen) atoms. The minimum atomic E-state index is -0.119. The number of nitrogens with zero attached hydrogens (tertiary/aromatic N) is 1. The van der Waals surface area contributed by atoms with Gasteiger partial charge in [0.1, 0.15) is 5.76 Å². The zero-order chi connectivity index (χ0) is 20.9. The first-order valence-corrected chi connectivity index (χ1v) is 10.3. The SMILES string of the molecule is CC(C)C1=CC(C(C)C)=N/C1=C1\C(=O)C(c2[nH]c(C(C)C)cc2C(C)C)=C1O. The second-order valence-electron chi connectivity index (χ2n) is 9.09. The zero-order valence-corrected chi connectivity index (χ0v) is 18.3. The van der Waals surface area contributed by atoms with Gasteiger partial charge >= 0.3 is 0 Å². The predicted molar refractivity (Wildman–Crippen MR) is 116 cm³/mol. The highest BCUT2D eigenvalue weighted by molar-refractivity contribution is 6.39. The highest BCUT2D eigenvalue weighted by Crippen LogP contribution is 2.44. The predicted octanol–water partition coefficient (Wildman–Crippen LogP) is 6.06. The number of aliphatic imine (C=N–C) groups is 1. The van der Waals surface area contributed by atoms with Crippen LogP contribution >= 0.6 is 0 Å². The van der Waals surface area contributed by atoms with E-state index in [9.17, 15) is 9.90 Å². The molecular formula is C24H32N2O2. The molecule has 4 nitrogen and oxygen atoms in total. The third-order valence-electron chi connectivity index (χ3n) is 5.56. The summed E-state index contributed by atoms with van der Waals surface area (Å²) in [4.78, 5) is 21.3. The number of carbonyl (C=O) groups excluding carboxylic acids is 1. The van der Waals surface area contributed by atoms with E-state index in [0.29, 0.717) is 22.8 Å². The van der Waals surface area contributed by atoms with E-state index in [1.165, 1.54) is 0 Å². The third kappa shape index (κ3) is 3.19. The van der Waals surface area contributed by atoms with Gasteiger partial charge in [0.15, 0.2) is 0 Å². The Morgan fingerprint density at radius 2 is 1.54 bits per heavy atom. The van der Waals surface area contributed by atoms with Crippen LogP contribution < -0.4 is 0 Å². The van der Waals surface area contributed by atoms with Gasteiger partial charge in [0.2, 0.25) is 5.78 Å². The van der Waals surface area contributed by atoms with Crippen molar-refractivity contribution in [2.24, 2.45) is 16.8 Å². The molecule has 2 heterocycles. The van der Waals surface area contributed by atoms with Gasteiger partial charge in [-0.2, -0.15) is 0 Å². The topological polar surface area (TPSA) is 65.5 Å². The largest absolute Gasteiger partial charge is 0.506 e. The van der Waals surface area contributed by atoms with E-state index in [-0.39, 0.29) is 29.3 Å². The Labute approximate surface area is 168 Å². The van der Waals surface area contributed by atoms with Crippen LogP contribution in [0.25, 0.3) is 5.57 Å². The fraction of sp³-hybridized carbons (Fsp3) is 0.500. The number of carbonyl (C=O) groups is 1. The van der Waals surface area contributed by atoms with Gasteiger partial charge in [-0.3, -0.25) is 9.79 Å². The molecule has 4 heteroatoms. The normalized spacial score (nSPS) is 20.1. The van der Waals surface area contributed by atoms with E-state index in [4.69, 9.17) is 4.99 Å². The average Bonchev–Trinajstić information content (AvgIpc) is 3.20. The van der Waals surface area contributed by atoms with Gasteiger partial charge in [0, 0.05) is 11.4 Å². The Morgan fingerprint density at radius 1 is 0.893 bits per heavy atom. The lowest BCUT2D eigenvalue weighted by atomic mass is 9.80. The molecule has 0 saturated carbocycles. The summed E-state index contributed by atoms with van der Waals surface area (Å²) in [6.45, 7) is 16.8. The minimum absolute atomic E-state index is 0.0689. The van der Waals surface area contributed by atoms with E-state index in [1.54, 1.807) is 0 Å². The molecule has 0 fully saturated rings. The fourth-order valence-corrected chi connectivity index (χ4v) is 3.71. The van der Waals surface area contributed by atoms with Crippen molar-refractivity contribution in [1.82, 2.24) is 4.98 Å². The maximum atomic E-state index is 13.2. The molecule has 0 spiro atoms. The number of rotatable bonds is 5. The van der Waals surface area contributed by atoms with Crippen molar-refractivity contribution >= 4 is 17.1 Å². The monoisotopic (exact) mass is 380 g/mol. The molecule has 0 saturated heterocycles. The lowest BCUT2D eigenvalue weighted by Crippen LogP contribution is -2.24. The Kier molecular flexibility index (Phi) is 5.26. The summed E-state index contributed by atoms with van der Waals surface area (Å²) in [6, 6.07) is 2.12. The molecule has 1 aromatic rings. The number of aromatic amines is 1. The summed E-state index contributed by atoms with van der Waals surface area (Å²) in [5.74, 6) is 1.04. The van der Waals surface area contributed by atoms with Crippen LogP contribution in [0.15, 0.2) is 39.7 Å². The van der Waals surface area contributed by atoms with Crippen LogP contribution in [0.3, 0.4) is 0 Å². The maximum absolute atomic E-state index is 13.2. The zero-order valence-electron chi connectivity index (χ0n) is 18.3. The molecule has 2 aliphatic rings. The van der Waals surface area contributed by atoms with Crippen LogP contribution in [0.4, 0.5) is 0 Å². The van der Waals surface area contributed by atoms with E-state index in [1.807, 2.05) is 0 Å². The first-order chi connectivity index (χ1) is 13.0. The van der Waals surface area contributed by atoms with Crippen LogP contribution in [-0.2, 0) is 4.79 Å². The molecule has 2 N–H and O–H groups in total. The number of ketones is 1. The molecular weight excluding hydrogens is 348 g/mol. The summed E-state index contributed by atoms with van der Waals surface area (Å²) in [6.07, 6.45) is 2.07. The van der Waals surface area contributed by atoms with E-state index >= 15 is 0 Å². The quantitative estimate of drug-likeness (QED) is 0.610. The molecule has 1 aliphatic heterocycles. The standard InChI is InChI=1S/C24H32N2O2/c1-11(2)15-9-17(13(5)6)25-21(15)19-23(27)20(24(19)28)22-16(12(3)4)10-18(26-22)14(7)8/h9-14,25,27H,1-8H3/b22-20-. The van der Waals surface area contributed by atoms with Crippen LogP contribution in [-0.4, -0.2) is 21.6 Å². The van der Waals surface area contributed by atoms with E-state index in [0.717, 1.165) is 28.2 Å². The second kappa shape index (κ2) is 7.23. The van der Waals surface area contributed by atoms with Crippen molar-refractivity contribution in [2.45, 2.75) is 67.2 Å². The summed E-state index contributed by atoms with van der Waals surface area (Å²) in [5, 5.41) is 10.9. The van der Waals surface area contributed by atoms with Crippen LogP contribution in [0.1, 0.15) is 84.2 Å². The number of H-pyrrole nitrogens is 1. The fourth-order valence-electron chi connectivity index (χ4n) is 3.71. The van der Waals surface area contributed by atoms with Gasteiger partial charge < -0.3 is 10.1 Å². The van der Waals surface area contributed by atoms with Gasteiger partial charge in [-0.25, -0.2) is 0 Å². The minimum Gasteiger partial charge on any atom is -0.506 e. The van der Waals surface area contributed by atoms with Crippen molar-refractivity contribution in [1.29, 1.82) is 0 Å².